The van der Waals surface area contributed by atoms with Crippen LogP contribution in [0.2, 0.25) is 0 Å². The van der Waals surface area contributed by atoms with Crippen LogP contribution in [0.15, 0.2) is 0 Å². The van der Waals surface area contributed by atoms with E-state index in [0.717, 1.165) is 0 Å². The van der Waals surface area contributed by atoms with E-state index in [9.17, 15) is 4.79 Å². The Bertz CT molecular complexity index is 292. The first-order chi connectivity index (χ1) is 8.17. The van der Waals surface area contributed by atoms with Gasteiger partial charge in [0.05, 0.1) is 6.07 Å². The van der Waals surface area contributed by atoms with Crippen molar-refractivity contribution in [2.75, 3.05) is 12.8 Å². The molecule has 1 atom stereocenters. The van der Waals surface area contributed by atoms with Crippen LogP contribution in [0.5, 0.6) is 0 Å². The highest BCUT2D eigenvalue weighted by Gasteiger charge is 2.32. The molecule has 96 valence electrons. The first-order valence-electron chi connectivity index (χ1n) is 6.40. The van der Waals surface area contributed by atoms with Gasteiger partial charge in [0, 0.05) is 11.3 Å². The van der Waals surface area contributed by atoms with Crippen LogP contribution in [-0.2, 0) is 4.79 Å². The van der Waals surface area contributed by atoms with Crippen LogP contribution in [0.3, 0.4) is 0 Å². The Morgan fingerprint density at radius 2 is 2.12 bits per heavy atom. The Morgan fingerprint density at radius 3 is 2.59 bits per heavy atom. The Kier molecular flexibility index (Phi) is 5.84. The van der Waals surface area contributed by atoms with Crippen molar-refractivity contribution in [1.82, 2.24) is 5.32 Å². The van der Waals surface area contributed by atoms with E-state index in [1.165, 1.54) is 32.1 Å². The Morgan fingerprint density at radius 1 is 1.47 bits per heavy atom. The van der Waals surface area contributed by atoms with Gasteiger partial charge in [-0.3, -0.25) is 4.79 Å². The average molecular weight is 254 g/mol. The van der Waals surface area contributed by atoms with Crippen LogP contribution in [0.1, 0.15) is 45.4 Å². The zero-order chi connectivity index (χ0) is 12.7. The monoisotopic (exact) mass is 254 g/mol. The number of thioether (sulfide) groups is 1. The zero-order valence-electron chi connectivity index (χ0n) is 10.8. The first-order valence-corrected chi connectivity index (χ1v) is 7.62. The summed E-state index contributed by atoms with van der Waals surface area (Å²) in [6.07, 6.45) is 8.90. The molecule has 0 spiro atoms. The van der Waals surface area contributed by atoms with Gasteiger partial charge in [-0.2, -0.15) is 17.0 Å². The maximum absolute atomic E-state index is 11.8. The summed E-state index contributed by atoms with van der Waals surface area (Å²) in [6, 6.07) is 2.05. The molecule has 1 amide bonds. The molecule has 1 fully saturated rings. The lowest BCUT2D eigenvalue weighted by Crippen LogP contribution is -2.43. The molecule has 17 heavy (non-hydrogen) atoms. The van der Waals surface area contributed by atoms with Gasteiger partial charge in [0.15, 0.2) is 0 Å². The lowest BCUT2D eigenvalue weighted by Gasteiger charge is -2.36. The van der Waals surface area contributed by atoms with Gasteiger partial charge in [-0.15, -0.1) is 0 Å². The lowest BCUT2D eigenvalue weighted by atomic mass is 9.88. The van der Waals surface area contributed by atoms with Gasteiger partial charge in [0.25, 0.3) is 0 Å². The minimum absolute atomic E-state index is 0.103. The number of nitrogens with one attached hydrogen (secondary N) is 1. The summed E-state index contributed by atoms with van der Waals surface area (Å²) in [5, 5.41) is 11.8. The fraction of sp³-hybridized carbons (Fsp3) is 0.846. The van der Waals surface area contributed by atoms with E-state index >= 15 is 0 Å². The summed E-state index contributed by atoms with van der Waals surface area (Å²) in [6.45, 7) is 2.59. The predicted molar refractivity (Wildman–Crippen MR) is 71.7 cm³/mol. The van der Waals surface area contributed by atoms with E-state index in [1.54, 1.807) is 0 Å². The fourth-order valence-electron chi connectivity index (χ4n) is 2.36. The molecular weight excluding hydrogens is 232 g/mol. The Hall–Kier alpha value is -0.690. The number of carbonyl (C=O) groups excluding carboxylic acids is 1. The maximum Gasteiger partial charge on any atom is 0.237 e. The number of hydrogen-bond donors (Lipinski definition) is 1. The van der Waals surface area contributed by atoms with Crippen molar-refractivity contribution in [2.45, 2.75) is 50.2 Å². The molecular formula is C13H22N2OS. The van der Waals surface area contributed by atoms with Crippen LogP contribution < -0.4 is 5.32 Å². The second-order valence-corrected chi connectivity index (χ2v) is 6.03. The van der Waals surface area contributed by atoms with E-state index in [0.29, 0.717) is 13.0 Å². The Balaban J connectivity index is 2.47. The molecule has 4 heteroatoms. The predicted octanol–water partition coefficient (Wildman–Crippen LogP) is 2.72. The molecule has 0 bridgehead atoms. The third-order valence-corrected chi connectivity index (χ3v) is 5.08. The largest absolute Gasteiger partial charge is 0.354 e. The van der Waals surface area contributed by atoms with Crippen LogP contribution >= 0.6 is 11.8 Å². The van der Waals surface area contributed by atoms with Crippen LogP contribution in [-0.4, -0.2) is 23.5 Å². The van der Waals surface area contributed by atoms with Crippen molar-refractivity contribution in [1.29, 1.82) is 5.26 Å². The quantitative estimate of drug-likeness (QED) is 0.820. The van der Waals surface area contributed by atoms with Crippen LogP contribution in [0.25, 0.3) is 0 Å². The van der Waals surface area contributed by atoms with Crippen molar-refractivity contribution in [3.05, 3.63) is 0 Å². The van der Waals surface area contributed by atoms with Crippen molar-refractivity contribution < 1.29 is 4.79 Å². The molecule has 1 aliphatic rings. The van der Waals surface area contributed by atoms with Gasteiger partial charge in [0.1, 0.15) is 5.92 Å². The van der Waals surface area contributed by atoms with Crippen LogP contribution in [0.4, 0.5) is 0 Å². The average Bonchev–Trinajstić information content (AvgIpc) is 2.39. The highest BCUT2D eigenvalue weighted by Crippen LogP contribution is 2.37. The molecule has 1 aliphatic carbocycles. The summed E-state index contributed by atoms with van der Waals surface area (Å²) >= 11 is 1.86. The second-order valence-electron chi connectivity index (χ2n) is 4.76. The van der Waals surface area contributed by atoms with Crippen molar-refractivity contribution in [3.63, 3.8) is 0 Å². The van der Waals surface area contributed by atoms with E-state index in [1.807, 2.05) is 18.7 Å². The third-order valence-electron chi connectivity index (χ3n) is 3.66. The molecule has 3 nitrogen and oxygen atoms in total. The Labute approximate surface area is 108 Å². The molecule has 0 aliphatic heterocycles. The van der Waals surface area contributed by atoms with E-state index < -0.39 is 5.92 Å². The molecule has 0 aromatic rings. The smallest absolute Gasteiger partial charge is 0.237 e. The third kappa shape index (κ3) is 3.92. The number of nitriles is 1. The lowest BCUT2D eigenvalue weighted by molar-refractivity contribution is -0.123. The van der Waals surface area contributed by atoms with Gasteiger partial charge in [0.2, 0.25) is 5.91 Å². The van der Waals surface area contributed by atoms with Crippen molar-refractivity contribution in [2.24, 2.45) is 5.92 Å². The van der Waals surface area contributed by atoms with Gasteiger partial charge in [-0.1, -0.05) is 26.2 Å². The molecule has 0 heterocycles. The minimum atomic E-state index is -0.488. The minimum Gasteiger partial charge on any atom is -0.354 e. The van der Waals surface area contributed by atoms with E-state index in [-0.39, 0.29) is 10.7 Å². The van der Waals surface area contributed by atoms with Crippen molar-refractivity contribution in [3.8, 4) is 6.07 Å². The normalized spacial score (nSPS) is 20.3. The van der Waals surface area contributed by atoms with Gasteiger partial charge in [-0.25, -0.2) is 0 Å². The summed E-state index contributed by atoms with van der Waals surface area (Å²) in [4.78, 5) is 11.8. The zero-order valence-corrected chi connectivity index (χ0v) is 11.6. The van der Waals surface area contributed by atoms with Crippen LogP contribution in [0, 0.1) is 17.2 Å². The topological polar surface area (TPSA) is 52.9 Å². The number of rotatable bonds is 5. The van der Waals surface area contributed by atoms with Crippen molar-refractivity contribution >= 4 is 17.7 Å². The highest BCUT2D eigenvalue weighted by molar-refractivity contribution is 8.00. The number of carbonyl (C=O) groups is 1. The molecule has 1 unspecified atom stereocenters. The molecule has 0 radical (unpaired) electrons. The summed E-state index contributed by atoms with van der Waals surface area (Å²) in [7, 11) is 0. The highest BCUT2D eigenvalue weighted by atomic mass is 32.2. The number of hydrogen-bond acceptors (Lipinski definition) is 3. The molecule has 1 N–H and O–H groups in total. The molecule has 1 rings (SSSR count). The van der Waals surface area contributed by atoms with Gasteiger partial charge >= 0.3 is 0 Å². The number of amides is 1. The van der Waals surface area contributed by atoms with E-state index in [4.69, 9.17) is 5.26 Å². The molecule has 0 aromatic heterocycles. The standard InChI is InChI=1S/C13H22N2OS/c1-3-11(9-14)12(16)15-10-13(17-2)7-5-4-6-8-13/h11H,3-8,10H2,1-2H3,(H,15,16). The van der Waals surface area contributed by atoms with E-state index in [2.05, 4.69) is 17.6 Å². The summed E-state index contributed by atoms with van der Waals surface area (Å²) in [5.74, 6) is -0.591. The molecule has 1 saturated carbocycles. The molecule has 0 saturated heterocycles. The summed E-state index contributed by atoms with van der Waals surface area (Å²) in [5.41, 5.74) is 0. The van der Waals surface area contributed by atoms with Gasteiger partial charge in [-0.05, 0) is 25.5 Å². The fourth-order valence-corrected chi connectivity index (χ4v) is 3.27. The first kappa shape index (κ1) is 14.4. The second kappa shape index (κ2) is 6.90. The molecule has 0 aromatic carbocycles. The number of nitrogens with zero attached hydrogens (tertiary/aromatic N) is 1. The SMILES string of the molecule is CCC(C#N)C(=O)NCC1(SC)CCCCC1. The maximum atomic E-state index is 11.8. The van der Waals surface area contributed by atoms with Gasteiger partial charge < -0.3 is 5.32 Å². The summed E-state index contributed by atoms with van der Waals surface area (Å²) < 4.78 is 0.210.